The fourth-order valence-electron chi connectivity index (χ4n) is 5.86. The van der Waals surface area contributed by atoms with Gasteiger partial charge in [0.1, 0.15) is 6.04 Å². The van der Waals surface area contributed by atoms with E-state index in [1.807, 2.05) is 55.7 Å². The number of hydrogen-bond donors (Lipinski definition) is 3. The molecule has 44 heavy (non-hydrogen) atoms. The van der Waals surface area contributed by atoms with Crippen molar-refractivity contribution in [2.24, 2.45) is 0 Å². The number of nitrogens with one attached hydrogen (secondary N) is 2. The van der Waals surface area contributed by atoms with Crippen LogP contribution in [0.3, 0.4) is 0 Å². The minimum Gasteiger partial charge on any atom is -0.392 e. The second kappa shape index (κ2) is 13.1. The van der Waals surface area contributed by atoms with Gasteiger partial charge < -0.3 is 25.4 Å². The molecule has 2 aromatic carbocycles. The molecule has 0 bridgehead atoms. The Morgan fingerprint density at radius 2 is 1.91 bits per heavy atom. The Morgan fingerprint density at radius 1 is 1.09 bits per heavy atom. The molecule has 1 atom stereocenters. The first-order chi connectivity index (χ1) is 21.4. The molecular weight excluding hydrogens is 556 g/mol. The molecule has 4 aromatic rings. The Balaban J connectivity index is 1.20. The number of methoxy groups -OCH3 is 1. The smallest absolute Gasteiger partial charge is 0.244 e. The number of nitrogens with zero attached hydrogens (tertiary/aromatic N) is 6. The van der Waals surface area contributed by atoms with Crippen molar-refractivity contribution < 1.29 is 14.6 Å². The first-order valence-corrected chi connectivity index (χ1v) is 14.8. The maximum Gasteiger partial charge on any atom is 0.244 e. The highest BCUT2D eigenvalue weighted by molar-refractivity contribution is 5.97. The molecule has 1 fully saturated rings. The van der Waals surface area contributed by atoms with Crippen LogP contribution in [0.25, 0.3) is 11.3 Å². The lowest BCUT2D eigenvalue weighted by Gasteiger charge is -2.36. The van der Waals surface area contributed by atoms with Gasteiger partial charge in [0.05, 0.1) is 42.7 Å². The Kier molecular flexibility index (Phi) is 8.80. The number of benzene rings is 2. The number of allylic oxidation sites excluding steroid dienone is 1. The van der Waals surface area contributed by atoms with E-state index in [-0.39, 0.29) is 18.6 Å². The number of aromatic nitrogens is 4. The summed E-state index contributed by atoms with van der Waals surface area (Å²) in [6.45, 7) is 5.78. The summed E-state index contributed by atoms with van der Waals surface area (Å²) in [4.78, 5) is 27.4. The second-order valence-corrected chi connectivity index (χ2v) is 11.3. The summed E-state index contributed by atoms with van der Waals surface area (Å²) < 4.78 is 7.17. The van der Waals surface area contributed by atoms with Crippen molar-refractivity contribution in [2.45, 2.75) is 26.0 Å². The van der Waals surface area contributed by atoms with Gasteiger partial charge in [-0.2, -0.15) is 5.10 Å². The maximum absolute atomic E-state index is 13.5. The summed E-state index contributed by atoms with van der Waals surface area (Å²) in [6, 6.07) is 13.2. The van der Waals surface area contributed by atoms with Crippen molar-refractivity contribution in [2.75, 3.05) is 57.6 Å². The van der Waals surface area contributed by atoms with Gasteiger partial charge in [-0.1, -0.05) is 36.4 Å². The SMILES string of the molecule is COC[C@H](C(=O)Nc1cccc2c1CC=C2c1nc(Nc2cnn(-c3ccccc3CO)c2)ncc1C)N1CCN(C)CC1. The third-order valence-electron chi connectivity index (χ3n) is 8.31. The van der Waals surface area contributed by atoms with Crippen molar-refractivity contribution in [1.29, 1.82) is 0 Å². The fourth-order valence-corrected chi connectivity index (χ4v) is 5.86. The van der Waals surface area contributed by atoms with Gasteiger partial charge >= 0.3 is 0 Å². The topological polar surface area (TPSA) is 121 Å². The number of aliphatic hydroxyl groups excluding tert-OH is 1. The molecule has 0 spiro atoms. The largest absolute Gasteiger partial charge is 0.392 e. The number of likely N-dealkylation sites (N-methyl/N-ethyl adjacent to an activating group) is 1. The van der Waals surface area contributed by atoms with Crippen LogP contribution in [0.2, 0.25) is 0 Å². The van der Waals surface area contributed by atoms with Crippen LogP contribution in [-0.2, 0) is 22.6 Å². The summed E-state index contributed by atoms with van der Waals surface area (Å²) in [5.41, 5.74) is 8.05. The van der Waals surface area contributed by atoms with Crippen LogP contribution in [-0.4, -0.2) is 93.5 Å². The molecule has 0 saturated carbocycles. The number of aryl methyl sites for hydroxylation is 1. The summed E-state index contributed by atoms with van der Waals surface area (Å²) in [6.07, 6.45) is 8.21. The average molecular weight is 595 g/mol. The van der Waals surface area contributed by atoms with E-state index in [2.05, 4.69) is 49.7 Å². The zero-order chi connectivity index (χ0) is 30.6. The van der Waals surface area contributed by atoms with E-state index >= 15 is 0 Å². The molecular formula is C33H38N8O3. The van der Waals surface area contributed by atoms with Crippen LogP contribution in [0, 0.1) is 6.92 Å². The molecule has 1 aliphatic heterocycles. The van der Waals surface area contributed by atoms with Crippen molar-refractivity contribution in [3.05, 3.63) is 95.1 Å². The Hall–Kier alpha value is -4.42. The zero-order valence-electron chi connectivity index (χ0n) is 25.3. The monoisotopic (exact) mass is 594 g/mol. The molecule has 0 unspecified atom stereocenters. The summed E-state index contributed by atoms with van der Waals surface area (Å²) in [5, 5.41) is 20.6. The number of aliphatic hydroxyl groups is 1. The van der Waals surface area contributed by atoms with Crippen molar-refractivity contribution in [3.8, 4) is 5.69 Å². The van der Waals surface area contributed by atoms with Crippen molar-refractivity contribution in [1.82, 2.24) is 29.5 Å². The zero-order valence-corrected chi connectivity index (χ0v) is 25.3. The normalized spacial score (nSPS) is 16.0. The van der Waals surface area contributed by atoms with Crippen LogP contribution in [0.5, 0.6) is 0 Å². The highest BCUT2D eigenvalue weighted by atomic mass is 16.5. The van der Waals surface area contributed by atoms with Gasteiger partial charge in [-0.05, 0) is 49.2 Å². The van der Waals surface area contributed by atoms with Gasteiger partial charge in [0.15, 0.2) is 0 Å². The molecule has 3 N–H and O–H groups in total. The van der Waals surface area contributed by atoms with Crippen molar-refractivity contribution in [3.63, 3.8) is 0 Å². The lowest BCUT2D eigenvalue weighted by atomic mass is 9.99. The predicted molar refractivity (Wildman–Crippen MR) is 170 cm³/mol. The molecule has 2 aliphatic rings. The third-order valence-corrected chi connectivity index (χ3v) is 8.31. The van der Waals surface area contributed by atoms with Gasteiger partial charge in [-0.15, -0.1) is 0 Å². The number of anilines is 3. The highest BCUT2D eigenvalue weighted by Crippen LogP contribution is 2.37. The van der Waals surface area contributed by atoms with Crippen LogP contribution in [0.4, 0.5) is 17.3 Å². The van der Waals surface area contributed by atoms with Gasteiger partial charge in [-0.25, -0.2) is 14.6 Å². The molecule has 11 heteroatoms. The van der Waals surface area contributed by atoms with Gasteiger partial charge in [-0.3, -0.25) is 9.69 Å². The van der Waals surface area contributed by atoms with Crippen LogP contribution in [0.15, 0.2) is 67.1 Å². The molecule has 3 heterocycles. The van der Waals surface area contributed by atoms with E-state index in [0.717, 1.165) is 76.8 Å². The molecule has 1 amide bonds. The van der Waals surface area contributed by atoms with E-state index in [4.69, 9.17) is 9.72 Å². The quantitative estimate of drug-likeness (QED) is 0.254. The number of hydrogen-bond acceptors (Lipinski definition) is 9. The maximum atomic E-state index is 13.5. The minimum absolute atomic E-state index is 0.0508. The average Bonchev–Trinajstić information content (AvgIpc) is 3.69. The Morgan fingerprint density at radius 3 is 2.70 bits per heavy atom. The van der Waals surface area contributed by atoms with E-state index in [0.29, 0.717) is 19.0 Å². The predicted octanol–water partition coefficient (Wildman–Crippen LogP) is 3.40. The highest BCUT2D eigenvalue weighted by Gasteiger charge is 2.30. The molecule has 1 aliphatic carbocycles. The minimum atomic E-state index is -0.349. The number of carbonyl (C=O) groups is 1. The van der Waals surface area contributed by atoms with E-state index in [9.17, 15) is 9.90 Å². The van der Waals surface area contributed by atoms with E-state index in [1.54, 1.807) is 18.0 Å². The number of piperazine rings is 1. The summed E-state index contributed by atoms with van der Waals surface area (Å²) >= 11 is 0. The molecule has 6 rings (SSSR count). The first-order valence-electron chi connectivity index (χ1n) is 14.8. The number of para-hydroxylation sites is 1. The van der Waals surface area contributed by atoms with E-state index < -0.39 is 0 Å². The van der Waals surface area contributed by atoms with E-state index in [1.165, 1.54) is 0 Å². The number of amides is 1. The number of rotatable bonds is 10. The van der Waals surface area contributed by atoms with Crippen LogP contribution >= 0.6 is 0 Å². The molecule has 0 radical (unpaired) electrons. The van der Waals surface area contributed by atoms with Gasteiger partial charge in [0, 0.05) is 56.3 Å². The lowest BCUT2D eigenvalue weighted by molar-refractivity contribution is -0.124. The Labute approximate surface area is 257 Å². The third kappa shape index (κ3) is 6.13. The van der Waals surface area contributed by atoms with Crippen LogP contribution < -0.4 is 10.6 Å². The van der Waals surface area contributed by atoms with Crippen molar-refractivity contribution >= 4 is 28.8 Å². The summed E-state index contributed by atoms with van der Waals surface area (Å²) in [7, 11) is 3.75. The number of carbonyl (C=O) groups excluding carboxylic acids is 1. The standard InChI is InChI=1S/C33H38N8O3/c1-22-17-34-33(36-24-18-35-41(19-24)29-10-5-4-7-23(29)20-42)38-31(22)27-12-11-26-25(27)8-6-9-28(26)37-32(43)30(21-44-3)40-15-13-39(2)14-16-40/h4-10,12,17-19,30,42H,11,13-16,20-21H2,1-3H3,(H,37,43)(H,34,36,38)/t30-/m1/s1. The molecule has 228 valence electrons. The van der Waals surface area contributed by atoms with Crippen LogP contribution in [0.1, 0.15) is 27.9 Å². The number of ether oxygens (including phenoxy) is 1. The molecule has 2 aromatic heterocycles. The first kappa shape index (κ1) is 29.6. The Bertz CT molecular complexity index is 1680. The van der Waals surface area contributed by atoms with Gasteiger partial charge in [0.25, 0.3) is 0 Å². The van der Waals surface area contributed by atoms with Gasteiger partial charge in [0.2, 0.25) is 11.9 Å². The lowest BCUT2D eigenvalue weighted by Crippen LogP contribution is -2.54. The summed E-state index contributed by atoms with van der Waals surface area (Å²) in [5.74, 6) is 0.402. The molecule has 1 saturated heterocycles. The second-order valence-electron chi connectivity index (χ2n) is 11.3. The number of fused-ring (bicyclic) bond motifs is 1. The fraction of sp³-hybridized carbons (Fsp3) is 0.333. The molecule has 11 nitrogen and oxygen atoms in total.